The molecule has 0 aliphatic carbocycles. The molecule has 0 aliphatic rings. The Morgan fingerprint density at radius 1 is 1.03 bits per heavy atom. The van der Waals surface area contributed by atoms with E-state index in [4.69, 9.17) is 28.6 Å². The number of methoxy groups -OCH3 is 1. The molecule has 0 saturated heterocycles. The highest BCUT2D eigenvalue weighted by atomic mass is 35.5. The van der Waals surface area contributed by atoms with Gasteiger partial charge in [0.15, 0.2) is 5.11 Å². The summed E-state index contributed by atoms with van der Waals surface area (Å²) >= 11 is 11.4. The largest absolute Gasteiger partial charge is 0.465 e. The normalized spacial score (nSPS) is 11.0. The molecule has 2 aromatic carbocycles. The number of carbonyl (C=O) groups excluding carboxylic acids is 1. The van der Waals surface area contributed by atoms with E-state index >= 15 is 0 Å². The third-order valence-electron chi connectivity index (χ3n) is 4.34. The number of rotatable bonds is 5. The Morgan fingerprint density at radius 3 is 2.27 bits per heavy atom. The summed E-state index contributed by atoms with van der Waals surface area (Å²) in [5.74, 6) is 0.371. The van der Waals surface area contributed by atoms with E-state index in [1.807, 2.05) is 44.2 Å². The van der Waals surface area contributed by atoms with Gasteiger partial charge in [-0.05, 0) is 74.1 Å². The van der Waals surface area contributed by atoms with Crippen molar-refractivity contribution in [3.8, 4) is 0 Å². The number of guanidine groups is 1. The third-order valence-corrected chi connectivity index (χ3v) is 4.80. The molecule has 3 aromatic rings. The fraction of sp³-hybridized carbons (Fsp3) is 0.174. The summed E-state index contributed by atoms with van der Waals surface area (Å²) in [6.45, 7) is 4.16. The summed E-state index contributed by atoms with van der Waals surface area (Å²) in [5, 5.41) is 10.2. The van der Waals surface area contributed by atoms with Gasteiger partial charge in [-0.2, -0.15) is 0 Å². The van der Waals surface area contributed by atoms with Crippen LogP contribution in [0.15, 0.2) is 59.6 Å². The maximum atomic E-state index is 11.6. The zero-order valence-electron chi connectivity index (χ0n) is 18.3. The Morgan fingerprint density at radius 2 is 1.67 bits per heavy atom. The molecule has 0 fully saturated rings. The molecule has 0 aliphatic heterocycles. The van der Waals surface area contributed by atoms with Gasteiger partial charge < -0.3 is 15.4 Å². The van der Waals surface area contributed by atoms with Crippen LogP contribution in [0.1, 0.15) is 27.3 Å². The van der Waals surface area contributed by atoms with Crippen molar-refractivity contribution in [1.29, 1.82) is 0 Å². The predicted molar refractivity (Wildman–Crippen MR) is 135 cm³/mol. The molecule has 0 bridgehead atoms. The van der Waals surface area contributed by atoms with Crippen molar-refractivity contribution < 1.29 is 9.53 Å². The minimum atomic E-state index is -0.406. The van der Waals surface area contributed by atoms with Gasteiger partial charge in [0.05, 0.1) is 19.2 Å². The molecule has 0 unspecified atom stereocenters. The van der Waals surface area contributed by atoms with Crippen LogP contribution < -0.4 is 16.0 Å². The number of nitrogens with one attached hydrogen (secondary N) is 3. The highest BCUT2D eigenvalue weighted by molar-refractivity contribution is 7.80. The minimum Gasteiger partial charge on any atom is -0.465 e. The Labute approximate surface area is 202 Å². The van der Waals surface area contributed by atoms with Crippen molar-refractivity contribution in [1.82, 2.24) is 15.3 Å². The van der Waals surface area contributed by atoms with E-state index in [2.05, 4.69) is 30.9 Å². The number of thiocarbonyl (C=S) groups is 1. The summed E-state index contributed by atoms with van der Waals surface area (Å²) in [5.41, 5.74) is 3.77. The van der Waals surface area contributed by atoms with Gasteiger partial charge in [-0.3, -0.25) is 5.32 Å². The van der Waals surface area contributed by atoms with E-state index < -0.39 is 5.97 Å². The average Bonchev–Trinajstić information content (AvgIpc) is 2.77. The minimum absolute atomic E-state index is 0.299. The lowest BCUT2D eigenvalue weighted by molar-refractivity contribution is 0.0601. The summed E-state index contributed by atoms with van der Waals surface area (Å²) < 4.78 is 4.71. The van der Waals surface area contributed by atoms with E-state index in [-0.39, 0.29) is 0 Å². The molecular weight excluding hydrogens is 460 g/mol. The molecule has 0 atom stereocenters. The number of hydrogen-bond acceptors (Lipinski definition) is 6. The molecule has 0 spiro atoms. The fourth-order valence-corrected chi connectivity index (χ4v) is 3.18. The van der Waals surface area contributed by atoms with Crippen LogP contribution in [0.4, 0.5) is 11.6 Å². The molecule has 170 valence electrons. The van der Waals surface area contributed by atoms with E-state index in [1.165, 1.54) is 7.11 Å². The van der Waals surface area contributed by atoms with Gasteiger partial charge in [-0.1, -0.05) is 23.7 Å². The number of halogens is 1. The first-order chi connectivity index (χ1) is 15.8. The van der Waals surface area contributed by atoms with Gasteiger partial charge in [0.1, 0.15) is 0 Å². The van der Waals surface area contributed by atoms with Crippen molar-refractivity contribution in [3.05, 3.63) is 82.1 Å². The summed E-state index contributed by atoms with van der Waals surface area (Å²) in [7, 11) is 1.34. The molecule has 1 aromatic heterocycles. The number of aryl methyl sites for hydroxylation is 2. The third kappa shape index (κ3) is 7.51. The van der Waals surface area contributed by atoms with Crippen LogP contribution >= 0.6 is 23.8 Å². The second-order valence-corrected chi connectivity index (χ2v) is 7.88. The lowest BCUT2D eigenvalue weighted by Crippen LogP contribution is -2.39. The van der Waals surface area contributed by atoms with E-state index in [0.717, 1.165) is 17.0 Å². The summed E-state index contributed by atoms with van der Waals surface area (Å²) in [6, 6.07) is 16.0. The average molecular weight is 483 g/mol. The predicted octanol–water partition coefficient (Wildman–Crippen LogP) is 4.49. The molecule has 3 rings (SSSR count). The number of benzene rings is 2. The van der Waals surface area contributed by atoms with Crippen LogP contribution in [-0.4, -0.2) is 34.1 Å². The number of aliphatic imine (C=N–C) groups is 1. The van der Waals surface area contributed by atoms with E-state index in [9.17, 15) is 4.79 Å². The number of carbonyl (C=O) groups is 1. The van der Waals surface area contributed by atoms with Gasteiger partial charge in [-0.25, -0.2) is 19.8 Å². The van der Waals surface area contributed by atoms with Crippen molar-refractivity contribution in [2.24, 2.45) is 4.99 Å². The van der Waals surface area contributed by atoms with Crippen LogP contribution in [0.5, 0.6) is 0 Å². The second kappa shape index (κ2) is 11.3. The van der Waals surface area contributed by atoms with Crippen LogP contribution in [0.3, 0.4) is 0 Å². The van der Waals surface area contributed by atoms with Gasteiger partial charge >= 0.3 is 5.97 Å². The molecule has 3 N–H and O–H groups in total. The fourth-order valence-electron chi connectivity index (χ4n) is 2.84. The van der Waals surface area contributed by atoms with Crippen molar-refractivity contribution in [2.75, 3.05) is 17.7 Å². The smallest absolute Gasteiger partial charge is 0.337 e. The molecule has 33 heavy (non-hydrogen) atoms. The number of anilines is 2. The lowest BCUT2D eigenvalue weighted by Gasteiger charge is -2.14. The van der Waals surface area contributed by atoms with Crippen molar-refractivity contribution >= 4 is 52.5 Å². The van der Waals surface area contributed by atoms with E-state index in [1.54, 1.807) is 24.3 Å². The van der Waals surface area contributed by atoms with Crippen LogP contribution in [-0.2, 0) is 11.3 Å². The van der Waals surface area contributed by atoms with Crippen LogP contribution in [0, 0.1) is 13.8 Å². The first-order valence-electron chi connectivity index (χ1n) is 9.97. The summed E-state index contributed by atoms with van der Waals surface area (Å²) in [6.07, 6.45) is 0. The Balaban J connectivity index is 1.74. The standard InChI is InChI=1S/C23H23ClN6O2S/c1-14-12-15(2)27-22(26-14)29-21(25-13-16-4-8-18(24)9-5-16)30-23(33)28-19-10-6-17(7-11-19)20(31)32-3/h4-12H,13H2,1-3H3,(H3,25,26,27,28,29,30,33). The first kappa shape index (κ1) is 24.1. The molecule has 8 nitrogen and oxygen atoms in total. The highest BCUT2D eigenvalue weighted by Crippen LogP contribution is 2.12. The number of esters is 1. The van der Waals surface area contributed by atoms with Gasteiger partial charge in [0, 0.05) is 22.1 Å². The van der Waals surface area contributed by atoms with Gasteiger partial charge in [-0.15, -0.1) is 0 Å². The molecule has 10 heteroatoms. The van der Waals surface area contributed by atoms with Crippen molar-refractivity contribution in [2.45, 2.75) is 20.4 Å². The number of nitrogens with zero attached hydrogens (tertiary/aromatic N) is 3. The SMILES string of the molecule is COC(=O)c1ccc(NC(=S)NC(=NCc2ccc(Cl)cc2)Nc2nc(C)cc(C)n2)cc1. The summed E-state index contributed by atoms with van der Waals surface area (Å²) in [4.78, 5) is 25.0. The van der Waals surface area contributed by atoms with Gasteiger partial charge in [0.2, 0.25) is 11.9 Å². The monoisotopic (exact) mass is 482 g/mol. The van der Waals surface area contributed by atoms with Gasteiger partial charge in [0.25, 0.3) is 0 Å². The number of hydrogen-bond donors (Lipinski definition) is 3. The van der Waals surface area contributed by atoms with Crippen molar-refractivity contribution in [3.63, 3.8) is 0 Å². The quantitative estimate of drug-likeness (QED) is 0.212. The molecule has 1 heterocycles. The maximum absolute atomic E-state index is 11.6. The Bertz CT molecular complexity index is 1150. The topological polar surface area (TPSA) is 101 Å². The molecular formula is C23H23ClN6O2S. The zero-order valence-corrected chi connectivity index (χ0v) is 19.9. The van der Waals surface area contributed by atoms with Crippen LogP contribution in [0.2, 0.25) is 5.02 Å². The number of aromatic nitrogens is 2. The molecule has 0 amide bonds. The molecule has 0 radical (unpaired) electrons. The Hall–Kier alpha value is -3.56. The highest BCUT2D eigenvalue weighted by Gasteiger charge is 2.09. The zero-order chi connectivity index (χ0) is 23.8. The second-order valence-electron chi connectivity index (χ2n) is 7.04. The maximum Gasteiger partial charge on any atom is 0.337 e. The van der Waals surface area contributed by atoms with Crippen LogP contribution in [0.25, 0.3) is 0 Å². The Kier molecular flexibility index (Phi) is 8.28. The van der Waals surface area contributed by atoms with E-state index in [0.29, 0.717) is 39.8 Å². The number of ether oxygens (including phenoxy) is 1. The molecule has 0 saturated carbocycles. The lowest BCUT2D eigenvalue weighted by atomic mass is 10.2. The first-order valence-corrected chi connectivity index (χ1v) is 10.8.